The molecule has 1 aromatic carbocycles. The number of nitrogens with two attached hydrogens (primary N) is 1. The molecule has 0 saturated heterocycles. The van der Waals surface area contributed by atoms with Gasteiger partial charge in [0.05, 0.1) is 11.3 Å². The fourth-order valence-corrected chi connectivity index (χ4v) is 2.46. The lowest BCUT2D eigenvalue weighted by Gasteiger charge is -2.00. The summed E-state index contributed by atoms with van der Waals surface area (Å²) in [7, 11) is 0. The molecule has 0 amide bonds. The van der Waals surface area contributed by atoms with Crippen LogP contribution in [0.15, 0.2) is 54.7 Å². The number of aromatic amines is 1. The molecular weight excluding hydrogens is 302 g/mol. The van der Waals surface area contributed by atoms with Crippen LogP contribution in [0.3, 0.4) is 0 Å². The number of hydrogen-bond acceptors (Lipinski definition) is 3. The van der Waals surface area contributed by atoms with E-state index >= 15 is 0 Å². The summed E-state index contributed by atoms with van der Waals surface area (Å²) in [5.41, 5.74) is 9.76. The zero-order chi connectivity index (χ0) is 16.9. The number of carbonyl (C=O) groups is 1. The third-order valence-electron chi connectivity index (χ3n) is 3.67. The zero-order valence-electron chi connectivity index (χ0n) is 12.9. The number of H-pyrrole nitrogens is 1. The predicted molar refractivity (Wildman–Crippen MR) is 94.2 cm³/mol. The molecule has 0 bridgehead atoms. The van der Waals surface area contributed by atoms with E-state index in [1.807, 2.05) is 54.6 Å². The van der Waals surface area contributed by atoms with Gasteiger partial charge in [-0.1, -0.05) is 36.4 Å². The van der Waals surface area contributed by atoms with Gasteiger partial charge in [0.2, 0.25) is 0 Å². The van der Waals surface area contributed by atoms with Crippen molar-refractivity contribution < 1.29 is 9.90 Å². The first kappa shape index (κ1) is 15.7. The first-order valence-corrected chi connectivity index (χ1v) is 7.52. The number of benzene rings is 1. The van der Waals surface area contributed by atoms with Gasteiger partial charge in [-0.3, -0.25) is 4.98 Å². The largest absolute Gasteiger partial charge is 0.478 e. The van der Waals surface area contributed by atoms with E-state index in [1.54, 1.807) is 12.3 Å². The van der Waals surface area contributed by atoms with Gasteiger partial charge in [-0.15, -0.1) is 0 Å². The van der Waals surface area contributed by atoms with E-state index in [-0.39, 0.29) is 12.1 Å². The van der Waals surface area contributed by atoms with Crippen LogP contribution in [0.25, 0.3) is 23.4 Å². The molecule has 0 fully saturated rings. The molecule has 0 aliphatic rings. The van der Waals surface area contributed by atoms with Crippen LogP contribution in [-0.4, -0.2) is 21.0 Å². The average Bonchev–Trinajstić information content (AvgIpc) is 3.06. The number of carboxylic acid groups (broad SMARTS) is 1. The van der Waals surface area contributed by atoms with E-state index in [1.165, 1.54) is 0 Å². The van der Waals surface area contributed by atoms with Crippen LogP contribution in [-0.2, 0) is 6.54 Å². The highest BCUT2D eigenvalue weighted by atomic mass is 16.4. The molecule has 0 aliphatic carbocycles. The molecule has 24 heavy (non-hydrogen) atoms. The van der Waals surface area contributed by atoms with Crippen LogP contribution in [0.2, 0.25) is 0 Å². The van der Waals surface area contributed by atoms with Crippen LogP contribution >= 0.6 is 0 Å². The van der Waals surface area contributed by atoms with Crippen LogP contribution in [0.4, 0.5) is 0 Å². The average molecular weight is 319 g/mol. The van der Waals surface area contributed by atoms with Gasteiger partial charge in [0.1, 0.15) is 0 Å². The van der Waals surface area contributed by atoms with Crippen molar-refractivity contribution in [2.45, 2.75) is 6.54 Å². The summed E-state index contributed by atoms with van der Waals surface area (Å²) in [5.74, 6) is -0.990. The minimum atomic E-state index is -0.990. The first-order chi connectivity index (χ1) is 11.7. The summed E-state index contributed by atoms with van der Waals surface area (Å²) >= 11 is 0. The number of nitrogens with zero attached hydrogens (tertiary/aromatic N) is 1. The Balaban J connectivity index is 1.91. The Hall–Kier alpha value is -3.18. The smallest absolute Gasteiger partial charge is 0.337 e. The number of pyridine rings is 1. The van der Waals surface area contributed by atoms with Crippen molar-refractivity contribution in [3.8, 4) is 11.3 Å². The van der Waals surface area contributed by atoms with Crippen molar-refractivity contribution in [1.82, 2.24) is 9.97 Å². The van der Waals surface area contributed by atoms with E-state index in [2.05, 4.69) is 9.97 Å². The molecule has 2 aromatic heterocycles. The molecule has 0 atom stereocenters. The van der Waals surface area contributed by atoms with Gasteiger partial charge in [0, 0.05) is 29.7 Å². The fourth-order valence-electron chi connectivity index (χ4n) is 2.46. The van der Waals surface area contributed by atoms with Gasteiger partial charge in [-0.05, 0) is 29.8 Å². The molecule has 120 valence electrons. The Kier molecular flexibility index (Phi) is 4.54. The van der Waals surface area contributed by atoms with Crippen molar-refractivity contribution in [3.63, 3.8) is 0 Å². The van der Waals surface area contributed by atoms with Gasteiger partial charge in [0.25, 0.3) is 0 Å². The molecule has 0 unspecified atom stereocenters. The number of nitrogens with one attached hydrogen (secondary N) is 1. The van der Waals surface area contributed by atoms with Crippen LogP contribution in [0, 0.1) is 0 Å². The Morgan fingerprint density at radius 2 is 1.96 bits per heavy atom. The Morgan fingerprint density at radius 3 is 2.62 bits per heavy atom. The third-order valence-corrected chi connectivity index (χ3v) is 3.67. The number of hydrogen-bond donors (Lipinski definition) is 3. The van der Waals surface area contributed by atoms with E-state index < -0.39 is 5.97 Å². The minimum absolute atomic E-state index is 0.146. The maximum Gasteiger partial charge on any atom is 0.337 e. The Labute approximate surface area is 139 Å². The molecule has 2 heterocycles. The van der Waals surface area contributed by atoms with Crippen LogP contribution < -0.4 is 5.73 Å². The Morgan fingerprint density at radius 1 is 1.17 bits per heavy atom. The van der Waals surface area contributed by atoms with E-state index in [0.29, 0.717) is 11.4 Å². The molecule has 3 aromatic rings. The van der Waals surface area contributed by atoms with Gasteiger partial charge in [-0.2, -0.15) is 0 Å². The van der Waals surface area contributed by atoms with Gasteiger partial charge >= 0.3 is 5.97 Å². The topological polar surface area (TPSA) is 92.0 Å². The minimum Gasteiger partial charge on any atom is -0.478 e. The molecule has 5 nitrogen and oxygen atoms in total. The SMILES string of the molecule is NCc1[nH]c(-c2ccnc(C=Cc3ccccc3)c2)cc1C(=O)O. The number of carboxylic acids is 1. The number of aromatic carboxylic acids is 1. The van der Waals surface area contributed by atoms with E-state index in [4.69, 9.17) is 5.73 Å². The fraction of sp³-hybridized carbons (Fsp3) is 0.0526. The third kappa shape index (κ3) is 3.42. The summed E-state index contributed by atoms with van der Waals surface area (Å²) in [4.78, 5) is 18.6. The predicted octanol–water partition coefficient (Wildman–Crippen LogP) is 3.40. The molecule has 5 heteroatoms. The molecule has 0 aliphatic heterocycles. The molecule has 3 rings (SSSR count). The van der Waals surface area contributed by atoms with Gasteiger partial charge < -0.3 is 15.8 Å². The summed E-state index contributed by atoms with van der Waals surface area (Å²) in [6.45, 7) is 0.146. The quantitative estimate of drug-likeness (QED) is 0.672. The van der Waals surface area contributed by atoms with Crippen molar-refractivity contribution in [1.29, 1.82) is 0 Å². The van der Waals surface area contributed by atoms with Gasteiger partial charge in [0.15, 0.2) is 0 Å². The lowest BCUT2D eigenvalue weighted by Crippen LogP contribution is -2.04. The molecular formula is C19H17N3O2. The highest BCUT2D eigenvalue weighted by Crippen LogP contribution is 2.23. The zero-order valence-corrected chi connectivity index (χ0v) is 12.9. The normalized spacial score (nSPS) is 11.0. The van der Waals surface area contributed by atoms with Crippen molar-refractivity contribution in [2.75, 3.05) is 0 Å². The second-order valence-corrected chi connectivity index (χ2v) is 5.30. The number of rotatable bonds is 5. The van der Waals surface area contributed by atoms with Crippen molar-refractivity contribution in [2.24, 2.45) is 5.73 Å². The standard InChI is InChI=1S/C19H17N3O2/c20-12-18-16(19(23)24)11-17(22-18)14-8-9-21-15(10-14)7-6-13-4-2-1-3-5-13/h1-11,22H,12,20H2,(H,23,24). The molecule has 4 N–H and O–H groups in total. The monoisotopic (exact) mass is 319 g/mol. The summed E-state index contributed by atoms with van der Waals surface area (Å²) in [6.07, 6.45) is 5.60. The summed E-state index contributed by atoms with van der Waals surface area (Å²) in [6, 6.07) is 15.3. The van der Waals surface area contributed by atoms with Crippen molar-refractivity contribution >= 4 is 18.1 Å². The van der Waals surface area contributed by atoms with Gasteiger partial charge in [-0.25, -0.2) is 4.79 Å². The second kappa shape index (κ2) is 6.93. The molecule has 0 spiro atoms. The maximum atomic E-state index is 11.3. The van der Waals surface area contributed by atoms with Crippen molar-refractivity contribution in [3.05, 3.63) is 77.2 Å². The van der Waals surface area contributed by atoms with E-state index in [0.717, 1.165) is 16.8 Å². The Bertz CT molecular complexity index is 883. The lowest BCUT2D eigenvalue weighted by molar-refractivity contribution is 0.0696. The highest BCUT2D eigenvalue weighted by Gasteiger charge is 2.14. The second-order valence-electron chi connectivity index (χ2n) is 5.30. The first-order valence-electron chi connectivity index (χ1n) is 7.52. The van der Waals surface area contributed by atoms with Crippen LogP contribution in [0.5, 0.6) is 0 Å². The molecule has 0 radical (unpaired) electrons. The highest BCUT2D eigenvalue weighted by molar-refractivity contribution is 5.91. The number of aromatic nitrogens is 2. The van der Waals surface area contributed by atoms with Crippen LogP contribution in [0.1, 0.15) is 27.3 Å². The summed E-state index contributed by atoms with van der Waals surface area (Å²) < 4.78 is 0. The van der Waals surface area contributed by atoms with E-state index in [9.17, 15) is 9.90 Å². The maximum absolute atomic E-state index is 11.3. The summed E-state index contributed by atoms with van der Waals surface area (Å²) in [5, 5.41) is 9.22. The molecule has 0 saturated carbocycles. The lowest BCUT2D eigenvalue weighted by atomic mass is 10.1.